The molecule has 8 heterocycles. The highest BCUT2D eigenvalue weighted by Gasteiger charge is 2.35. The van der Waals surface area contributed by atoms with Crippen molar-refractivity contribution in [2.24, 2.45) is 17.8 Å². The first-order valence-corrected chi connectivity index (χ1v) is 36.5. The molecule has 5 amide bonds. The molecule has 33 heteroatoms. The van der Waals surface area contributed by atoms with Gasteiger partial charge in [0, 0.05) is 71.4 Å². The van der Waals surface area contributed by atoms with Gasteiger partial charge in [0.2, 0.25) is 11.8 Å². The number of nitrogens with one attached hydrogen (secondary N) is 4. The largest absolute Gasteiger partial charge is 0.481 e. The van der Waals surface area contributed by atoms with Crippen molar-refractivity contribution in [2.45, 2.75) is 128 Å². The van der Waals surface area contributed by atoms with Crippen LogP contribution in [0.5, 0.6) is 0 Å². The Bertz CT molecular complexity index is 4230. The highest BCUT2D eigenvalue weighted by molar-refractivity contribution is 7.15. The third kappa shape index (κ3) is 17.6. The van der Waals surface area contributed by atoms with Crippen molar-refractivity contribution in [3.63, 3.8) is 0 Å². The Balaban J connectivity index is 1.03. The number of hydrogen-bond acceptors (Lipinski definition) is 25. The molecule has 1 fully saturated rings. The lowest BCUT2D eigenvalue weighted by Crippen LogP contribution is -2.40. The van der Waals surface area contributed by atoms with Gasteiger partial charge in [0.05, 0.1) is 53.0 Å². The zero-order valence-electron chi connectivity index (χ0n) is 53.7. The van der Waals surface area contributed by atoms with E-state index in [0.29, 0.717) is 100 Å². The lowest BCUT2D eigenvalue weighted by molar-refractivity contribution is -0.144. The summed E-state index contributed by atoms with van der Waals surface area (Å²) in [5, 5.41) is 60.7. The average Bonchev–Trinajstić information content (AvgIpc) is 1.59. The molecule has 1 aliphatic heterocycles. The minimum Gasteiger partial charge on any atom is -0.481 e. The van der Waals surface area contributed by atoms with E-state index in [0.717, 1.165) is 45.3 Å². The molecule has 8 aromatic rings. The predicted molar refractivity (Wildman–Crippen MR) is 367 cm³/mol. The van der Waals surface area contributed by atoms with Crippen molar-refractivity contribution in [3.05, 3.63) is 111 Å². The molecule has 0 radical (unpaired) electrons. The maximum Gasteiger partial charge on any atom is 0.415 e. The number of thiazole rings is 6. The van der Waals surface area contributed by atoms with Crippen LogP contribution in [0.3, 0.4) is 0 Å². The Kier molecular flexibility index (Phi) is 24.1. The first-order chi connectivity index (χ1) is 47.0. The number of carboxylic acids is 3. The van der Waals surface area contributed by atoms with Crippen molar-refractivity contribution in [3.8, 4) is 43.4 Å². The molecule has 0 spiro atoms. The summed E-state index contributed by atoms with van der Waals surface area (Å²) in [7, 11) is 2.93. The summed E-state index contributed by atoms with van der Waals surface area (Å²) in [6, 6.07) is 9.98. The fourth-order valence-corrected chi connectivity index (χ4v) is 16.9. The smallest absolute Gasteiger partial charge is 0.415 e. The van der Waals surface area contributed by atoms with Crippen LogP contribution in [0.1, 0.15) is 170 Å². The molecule has 98 heavy (non-hydrogen) atoms. The van der Waals surface area contributed by atoms with E-state index < -0.39 is 96.2 Å². The van der Waals surface area contributed by atoms with Crippen LogP contribution in [0.25, 0.3) is 43.4 Å². The number of ether oxygens (including phenoxy) is 2. The van der Waals surface area contributed by atoms with E-state index in [1.807, 2.05) is 13.8 Å². The van der Waals surface area contributed by atoms with Crippen LogP contribution in [0.2, 0.25) is 0 Å². The number of carbonyl (C=O) groups excluding carboxylic acids is 6. The minimum atomic E-state index is -1.32. The maximum absolute atomic E-state index is 14.5. The van der Waals surface area contributed by atoms with Crippen molar-refractivity contribution < 1.29 is 73.1 Å². The van der Waals surface area contributed by atoms with Crippen LogP contribution < -0.4 is 26.2 Å². The maximum atomic E-state index is 14.5. The van der Waals surface area contributed by atoms with Crippen molar-refractivity contribution in [1.82, 2.24) is 56.2 Å². The summed E-state index contributed by atoms with van der Waals surface area (Å²) in [5.74, 6) is -7.86. The summed E-state index contributed by atoms with van der Waals surface area (Å²) in [5.41, 5.74) is 2.38. The number of hydrogen-bond donors (Lipinski definition) is 8. The number of amides is 5. The number of aliphatic hydroxyl groups excluding tert-OH is 1. The van der Waals surface area contributed by atoms with Gasteiger partial charge < -0.3 is 51.2 Å². The average molecular weight is 1450 g/mol. The Morgan fingerprint density at radius 2 is 1.42 bits per heavy atom. The number of fused-ring (bicyclic) bond motifs is 14. The monoisotopic (exact) mass is 1450 g/mol. The van der Waals surface area contributed by atoms with E-state index in [1.54, 1.807) is 70.9 Å². The molecular weight excluding hydrogens is 1380 g/mol. The molecule has 7 aromatic heterocycles. The summed E-state index contributed by atoms with van der Waals surface area (Å²) >= 11 is 7.04. The summed E-state index contributed by atoms with van der Waals surface area (Å²) in [6.07, 6.45) is -1.29. The van der Waals surface area contributed by atoms with Gasteiger partial charge in [-0.05, 0) is 75.5 Å². The van der Waals surface area contributed by atoms with Gasteiger partial charge in [0.1, 0.15) is 83.3 Å². The number of aryl methyl sites for hydroxylation is 1. The molecule has 27 nitrogen and oxygen atoms in total. The number of aliphatic hydroxyl groups is 1. The van der Waals surface area contributed by atoms with Gasteiger partial charge in [-0.25, -0.2) is 39.7 Å². The fourth-order valence-electron chi connectivity index (χ4n) is 11.2. The molecular formula is C65H70N12O15S6. The van der Waals surface area contributed by atoms with E-state index in [4.69, 9.17) is 44.4 Å². The van der Waals surface area contributed by atoms with Gasteiger partial charge in [0.15, 0.2) is 5.78 Å². The Morgan fingerprint density at radius 3 is 2.13 bits per heavy atom. The number of aromatic nitrogens is 7. The highest BCUT2D eigenvalue weighted by atomic mass is 32.1. The van der Waals surface area contributed by atoms with Crippen molar-refractivity contribution in [1.29, 1.82) is 0 Å². The molecule has 5 atom stereocenters. The van der Waals surface area contributed by atoms with Gasteiger partial charge in [-0.15, -0.1) is 68.0 Å². The summed E-state index contributed by atoms with van der Waals surface area (Å²) < 4.78 is 11.5. The van der Waals surface area contributed by atoms with Gasteiger partial charge >= 0.3 is 24.0 Å². The second-order valence-electron chi connectivity index (χ2n) is 23.7. The van der Waals surface area contributed by atoms with E-state index in [-0.39, 0.29) is 92.0 Å². The molecule has 0 saturated heterocycles. The van der Waals surface area contributed by atoms with Crippen molar-refractivity contribution >= 4 is 127 Å². The first-order valence-electron chi connectivity index (χ1n) is 31.4. The standard InChI is InChI=1S/C65H70N12O15S6/c1-31(2)38-23-44(78)50-32(3)97-61(75-50)40(24-47(79)66-4)69-55(84)42-28-93-57(71-42)37-19-20-39(59-73-46(30-96-59)77(22-10-9-13-34(63(86)87)16-21-49(81)82)65(90)92-36-17-14-35(15-18-36)64(88)89)68-51(37)41-27-94-60(70-41)43-29-95-62(72-43)53(54(83)33-11-7-6-8-12-33)74-48(80)25-67-56(85)52-45(26-91-5)98-58(38)76-52/h6-8,11-12,19-20,27-31,34-36,38,40,53-54,83H,9-10,13-18,21-26H2,1-5H3,(H,66,79)(H,67,85)(H,69,84)(H,74,80)(H,81,82)(H,86,87)(H,88,89)/t34?,35?,36?,38?,40-,53-,54-/m0/s1. The van der Waals surface area contributed by atoms with Crippen LogP contribution in [0.4, 0.5) is 10.6 Å². The van der Waals surface area contributed by atoms with Crippen LogP contribution in [-0.4, -0.2) is 142 Å². The SMILES string of the molecule is CNC(=O)C[C@@H]1NC(=O)c2csc(n2)-c2ccc(-c3nc(N(CCCCC(CCC(=O)O)C(=O)O)C(=O)OC4CCC(C(=O)O)CC4)cs3)nc2-c2csc(n2)-c2csc(n2)[C@H]([C@@H](O)c2ccccc2)NC(=O)CNC(=O)c2nc(sc2COC)C(C(C)C)CC(=O)c2nc1sc2C. The number of methoxy groups -OCH3 is 1. The lowest BCUT2D eigenvalue weighted by Gasteiger charge is -2.28. The normalized spacial score (nSPS) is 18.4. The van der Waals surface area contributed by atoms with E-state index >= 15 is 0 Å². The Hall–Kier alpha value is -8.70. The number of aliphatic carboxylic acids is 3. The van der Waals surface area contributed by atoms with Gasteiger partial charge in [-0.2, -0.15) is 0 Å². The Labute approximate surface area is 585 Å². The minimum absolute atomic E-state index is 0.00428. The fraction of sp³-hybridized carbons (Fsp3) is 0.415. The number of carboxylic acid groups (broad SMARTS) is 3. The molecule has 1 saturated carbocycles. The number of Topliss-reactive ketones (excluding diaryl/α,β-unsaturated/α-hetero) is 1. The van der Waals surface area contributed by atoms with Gasteiger partial charge in [0.25, 0.3) is 11.8 Å². The number of ketones is 1. The third-order valence-electron chi connectivity index (χ3n) is 16.6. The summed E-state index contributed by atoms with van der Waals surface area (Å²) in [6.45, 7) is 5.09. The molecule has 516 valence electrons. The van der Waals surface area contributed by atoms with Crippen LogP contribution in [0.15, 0.2) is 64.0 Å². The molecule has 2 aliphatic rings. The number of rotatable bonds is 20. The molecule has 1 aliphatic carbocycles. The second-order valence-corrected chi connectivity index (χ2v) is 29.6. The number of nitrogens with zero attached hydrogens (tertiary/aromatic N) is 8. The number of pyridine rings is 1. The van der Waals surface area contributed by atoms with Crippen molar-refractivity contribution in [2.75, 3.05) is 32.1 Å². The van der Waals surface area contributed by atoms with Gasteiger partial charge in [-0.1, -0.05) is 50.6 Å². The summed E-state index contributed by atoms with van der Waals surface area (Å²) in [4.78, 5) is 156. The molecule has 8 N–H and O–H groups in total. The third-order valence-corrected chi connectivity index (χ3v) is 22.4. The zero-order chi connectivity index (χ0) is 69.9. The quantitative estimate of drug-likeness (QED) is 0.0329. The molecule has 2 unspecified atom stereocenters. The number of benzene rings is 1. The van der Waals surface area contributed by atoms with E-state index in [9.17, 15) is 63.6 Å². The van der Waals surface area contributed by atoms with Crippen LogP contribution in [0, 0.1) is 24.7 Å². The first kappa shape index (κ1) is 72.1. The van der Waals surface area contributed by atoms with Gasteiger partial charge in [-0.3, -0.25) is 43.3 Å². The topological polar surface area (TPSA) is 395 Å². The second kappa shape index (κ2) is 32.8. The van der Waals surface area contributed by atoms with E-state index in [2.05, 4.69) is 21.3 Å². The molecule has 10 rings (SSSR count). The van der Waals surface area contributed by atoms with Crippen LogP contribution >= 0.6 is 68.0 Å². The number of unbranched alkanes of at least 4 members (excludes halogenated alkanes) is 1. The van der Waals surface area contributed by atoms with E-state index in [1.165, 1.54) is 41.7 Å². The zero-order valence-corrected chi connectivity index (χ0v) is 58.6. The van der Waals surface area contributed by atoms with Crippen LogP contribution in [-0.2, 0) is 40.1 Å². The molecule has 1 aromatic carbocycles. The number of carbonyl (C=O) groups is 9. The molecule has 10 bridgehead atoms. The predicted octanol–water partition coefficient (Wildman–Crippen LogP) is 10.5. The Morgan fingerprint density at radius 1 is 0.714 bits per heavy atom. The highest BCUT2D eigenvalue weighted by Crippen LogP contribution is 2.42. The number of anilines is 1. The lowest BCUT2D eigenvalue weighted by atomic mass is 9.87.